The van der Waals surface area contributed by atoms with Gasteiger partial charge in [-0.3, -0.25) is 0 Å². The van der Waals surface area contributed by atoms with Gasteiger partial charge in [-0.15, -0.1) is 0 Å². The highest BCUT2D eigenvalue weighted by molar-refractivity contribution is 5.68. The predicted octanol–water partition coefficient (Wildman–Crippen LogP) is -0.258. The molecule has 0 fully saturated rings. The van der Waals surface area contributed by atoms with Crippen molar-refractivity contribution in [3.05, 3.63) is 18.9 Å². The van der Waals surface area contributed by atoms with E-state index in [1.807, 2.05) is 0 Å². The molecule has 0 saturated carbocycles. The number of nitrogens with zero attached hydrogens (tertiary/aromatic N) is 4. The van der Waals surface area contributed by atoms with Crippen LogP contribution in [0.5, 0.6) is 0 Å². The van der Waals surface area contributed by atoms with Gasteiger partial charge in [-0.25, -0.2) is 15.0 Å². The molecule has 6 heteroatoms. The average Bonchev–Trinajstić information content (AvgIpc) is 2.70. The maximum atomic E-state index is 9.19. The van der Waals surface area contributed by atoms with Crippen molar-refractivity contribution in [2.24, 2.45) is 0 Å². The minimum atomic E-state index is -0.185. The summed E-state index contributed by atoms with van der Waals surface area (Å²) in [5.74, 6) is 0. The summed E-state index contributed by atoms with van der Waals surface area (Å²) in [5.41, 5.74) is 1.37. The van der Waals surface area contributed by atoms with Gasteiger partial charge in [0.15, 0.2) is 5.65 Å². The molecule has 0 aliphatic rings. The van der Waals surface area contributed by atoms with Crippen molar-refractivity contribution in [1.29, 1.82) is 0 Å². The second kappa shape index (κ2) is 4.33. The summed E-state index contributed by atoms with van der Waals surface area (Å²) in [4.78, 5) is 12.1. The van der Waals surface area contributed by atoms with Crippen LogP contribution in [0.4, 0.5) is 0 Å². The zero-order valence-corrected chi connectivity index (χ0v) is 8.11. The third-order valence-corrected chi connectivity index (χ3v) is 2.30. The molecule has 6 nitrogen and oxygen atoms in total. The summed E-state index contributed by atoms with van der Waals surface area (Å²) >= 11 is 0. The molecule has 15 heavy (non-hydrogen) atoms. The van der Waals surface area contributed by atoms with Gasteiger partial charge in [-0.1, -0.05) is 0 Å². The summed E-state index contributed by atoms with van der Waals surface area (Å²) in [6, 6.07) is -0.185. The molecule has 1 unspecified atom stereocenters. The molecule has 2 aromatic heterocycles. The fourth-order valence-electron chi connectivity index (χ4n) is 1.52. The molecule has 0 aliphatic heterocycles. The number of aliphatic hydroxyl groups is 2. The molecule has 2 aromatic rings. The second-order valence-corrected chi connectivity index (χ2v) is 3.23. The molecule has 0 saturated heterocycles. The number of imidazole rings is 1. The number of rotatable bonds is 4. The molecule has 80 valence electrons. The van der Waals surface area contributed by atoms with Gasteiger partial charge in [-0.2, -0.15) is 0 Å². The number of aromatic nitrogens is 4. The van der Waals surface area contributed by atoms with Gasteiger partial charge in [0, 0.05) is 6.61 Å². The zero-order chi connectivity index (χ0) is 10.7. The van der Waals surface area contributed by atoms with Crippen LogP contribution in [-0.2, 0) is 0 Å². The first kappa shape index (κ1) is 10.0. The van der Waals surface area contributed by atoms with Crippen molar-refractivity contribution in [2.45, 2.75) is 12.5 Å². The van der Waals surface area contributed by atoms with Crippen molar-refractivity contribution >= 4 is 11.2 Å². The normalized spacial score (nSPS) is 13.2. The van der Waals surface area contributed by atoms with Gasteiger partial charge in [0.05, 0.1) is 25.2 Å². The van der Waals surface area contributed by atoms with E-state index in [1.165, 1.54) is 6.33 Å². The minimum Gasteiger partial charge on any atom is -0.396 e. The monoisotopic (exact) mass is 208 g/mol. The number of hydrogen-bond donors (Lipinski definition) is 2. The molecule has 0 aromatic carbocycles. The van der Waals surface area contributed by atoms with E-state index in [9.17, 15) is 5.11 Å². The highest BCUT2D eigenvalue weighted by Crippen LogP contribution is 2.16. The van der Waals surface area contributed by atoms with Gasteiger partial charge in [0.2, 0.25) is 0 Å². The van der Waals surface area contributed by atoms with E-state index < -0.39 is 0 Å². The Kier molecular flexibility index (Phi) is 2.89. The molecule has 1 atom stereocenters. The lowest BCUT2D eigenvalue weighted by Gasteiger charge is -2.14. The van der Waals surface area contributed by atoms with Crippen LogP contribution in [0, 0.1) is 0 Å². The van der Waals surface area contributed by atoms with E-state index >= 15 is 0 Å². The first-order valence-electron chi connectivity index (χ1n) is 4.71. The Labute approximate surface area is 86.2 Å². The van der Waals surface area contributed by atoms with E-state index in [0.29, 0.717) is 17.6 Å². The maximum Gasteiger partial charge on any atom is 0.163 e. The summed E-state index contributed by atoms with van der Waals surface area (Å²) in [6.07, 6.45) is 5.14. The Bertz CT molecular complexity index is 442. The van der Waals surface area contributed by atoms with E-state index in [2.05, 4.69) is 15.0 Å². The molecule has 0 spiro atoms. The highest BCUT2D eigenvalue weighted by Gasteiger charge is 2.13. The zero-order valence-electron chi connectivity index (χ0n) is 8.11. The fourth-order valence-corrected chi connectivity index (χ4v) is 1.52. The Morgan fingerprint density at radius 2 is 2.20 bits per heavy atom. The maximum absolute atomic E-state index is 9.19. The van der Waals surface area contributed by atoms with Gasteiger partial charge in [0.25, 0.3) is 0 Å². The molecular weight excluding hydrogens is 196 g/mol. The summed E-state index contributed by atoms with van der Waals surface area (Å²) < 4.78 is 1.76. The third-order valence-electron chi connectivity index (χ3n) is 2.30. The van der Waals surface area contributed by atoms with Gasteiger partial charge >= 0.3 is 0 Å². The van der Waals surface area contributed by atoms with E-state index in [-0.39, 0.29) is 19.3 Å². The molecule has 0 amide bonds. The third kappa shape index (κ3) is 1.81. The van der Waals surface area contributed by atoms with Crippen molar-refractivity contribution in [2.75, 3.05) is 13.2 Å². The molecule has 0 radical (unpaired) electrons. The largest absolute Gasteiger partial charge is 0.396 e. The Morgan fingerprint density at radius 1 is 1.33 bits per heavy atom. The Hall–Kier alpha value is -1.53. The van der Waals surface area contributed by atoms with Crippen LogP contribution in [0.1, 0.15) is 12.5 Å². The number of aliphatic hydroxyl groups excluding tert-OH is 2. The van der Waals surface area contributed by atoms with Crippen LogP contribution >= 0.6 is 0 Å². The lowest BCUT2D eigenvalue weighted by Crippen LogP contribution is -2.14. The topological polar surface area (TPSA) is 84.1 Å². The van der Waals surface area contributed by atoms with Crippen molar-refractivity contribution in [3.63, 3.8) is 0 Å². The number of fused-ring (bicyclic) bond motifs is 1. The Morgan fingerprint density at radius 3 is 2.93 bits per heavy atom. The second-order valence-electron chi connectivity index (χ2n) is 3.23. The summed E-state index contributed by atoms with van der Waals surface area (Å²) in [7, 11) is 0. The fraction of sp³-hybridized carbons (Fsp3) is 0.444. The Balaban J connectivity index is 2.41. The smallest absolute Gasteiger partial charge is 0.163 e. The van der Waals surface area contributed by atoms with E-state index in [4.69, 9.17) is 5.11 Å². The minimum absolute atomic E-state index is 0.0238. The molecule has 2 N–H and O–H groups in total. The standard InChI is InChI=1S/C9H12N4O2/c14-2-1-7(4-15)13-6-12-8-3-10-5-11-9(8)13/h3,5-7,14-15H,1-2,4H2. The van der Waals surface area contributed by atoms with Crippen molar-refractivity contribution in [1.82, 2.24) is 19.5 Å². The SMILES string of the molecule is OCCC(CO)n1cnc2cncnc21. The van der Waals surface area contributed by atoms with Crippen LogP contribution in [0.25, 0.3) is 11.2 Å². The van der Waals surface area contributed by atoms with Gasteiger partial charge in [0.1, 0.15) is 11.8 Å². The average molecular weight is 208 g/mol. The quantitative estimate of drug-likeness (QED) is 0.723. The van der Waals surface area contributed by atoms with E-state index in [0.717, 1.165) is 0 Å². The van der Waals surface area contributed by atoms with E-state index in [1.54, 1.807) is 17.1 Å². The van der Waals surface area contributed by atoms with Crippen LogP contribution < -0.4 is 0 Å². The summed E-state index contributed by atoms with van der Waals surface area (Å²) in [5, 5.41) is 18.0. The van der Waals surface area contributed by atoms with Crippen molar-refractivity contribution < 1.29 is 10.2 Å². The summed E-state index contributed by atoms with van der Waals surface area (Å²) in [6.45, 7) is -0.0218. The molecule has 0 bridgehead atoms. The van der Waals surface area contributed by atoms with Gasteiger partial charge < -0.3 is 14.8 Å². The number of hydrogen-bond acceptors (Lipinski definition) is 5. The lowest BCUT2D eigenvalue weighted by atomic mass is 10.2. The lowest BCUT2D eigenvalue weighted by molar-refractivity contribution is 0.188. The van der Waals surface area contributed by atoms with Crippen LogP contribution in [0.2, 0.25) is 0 Å². The highest BCUT2D eigenvalue weighted by atomic mass is 16.3. The van der Waals surface area contributed by atoms with Crippen LogP contribution in [0.15, 0.2) is 18.9 Å². The molecule has 0 aliphatic carbocycles. The van der Waals surface area contributed by atoms with Crippen LogP contribution in [-0.4, -0.2) is 42.9 Å². The first-order chi connectivity index (χ1) is 7.36. The first-order valence-corrected chi connectivity index (χ1v) is 4.71. The van der Waals surface area contributed by atoms with Crippen molar-refractivity contribution in [3.8, 4) is 0 Å². The molecule has 2 heterocycles. The van der Waals surface area contributed by atoms with Crippen LogP contribution in [0.3, 0.4) is 0 Å². The predicted molar refractivity (Wildman–Crippen MR) is 53.1 cm³/mol. The van der Waals surface area contributed by atoms with Gasteiger partial charge in [-0.05, 0) is 6.42 Å². The molecule has 2 rings (SSSR count). The molecular formula is C9H12N4O2.